The molecule has 2 nitrogen and oxygen atoms in total. The molecular weight excluding hydrogens is 207 g/mol. The van der Waals surface area contributed by atoms with Crippen LogP contribution in [0.1, 0.15) is 29.3 Å². The van der Waals surface area contributed by atoms with Crippen LogP contribution in [0, 0.1) is 12.7 Å². The first-order valence-electron chi connectivity index (χ1n) is 5.11. The third kappa shape index (κ3) is 2.92. The number of ketones is 1. The third-order valence-electron chi connectivity index (χ3n) is 2.22. The molecule has 0 heterocycles. The van der Waals surface area contributed by atoms with Crippen molar-refractivity contribution >= 4 is 5.78 Å². The van der Waals surface area contributed by atoms with Crippen LogP contribution in [-0.4, -0.2) is 12.4 Å². The lowest BCUT2D eigenvalue weighted by Gasteiger charge is -2.10. The van der Waals surface area contributed by atoms with Gasteiger partial charge in [-0.1, -0.05) is 6.08 Å². The van der Waals surface area contributed by atoms with Crippen LogP contribution in [-0.2, 0) is 0 Å². The minimum Gasteiger partial charge on any atom is -0.492 e. The fraction of sp³-hybridized carbons (Fsp3) is 0.308. The highest BCUT2D eigenvalue weighted by molar-refractivity contribution is 5.96. The van der Waals surface area contributed by atoms with Gasteiger partial charge in [-0.2, -0.15) is 0 Å². The van der Waals surface area contributed by atoms with Crippen molar-refractivity contribution in [3.63, 3.8) is 0 Å². The van der Waals surface area contributed by atoms with Crippen molar-refractivity contribution in [1.29, 1.82) is 0 Å². The molecule has 16 heavy (non-hydrogen) atoms. The monoisotopic (exact) mass is 222 g/mol. The highest BCUT2D eigenvalue weighted by atomic mass is 19.1. The molecule has 0 atom stereocenters. The summed E-state index contributed by atoms with van der Waals surface area (Å²) in [5.74, 6) is -0.151. The van der Waals surface area contributed by atoms with Crippen LogP contribution in [0.25, 0.3) is 0 Å². The molecule has 0 radical (unpaired) electrons. The average Bonchev–Trinajstić information content (AvgIpc) is 2.23. The SMILES string of the molecule is C=CCCOc1cc(C)c(F)cc1C(C)=O. The van der Waals surface area contributed by atoms with E-state index in [-0.39, 0.29) is 17.2 Å². The van der Waals surface area contributed by atoms with Gasteiger partial charge in [0, 0.05) is 0 Å². The number of hydrogen-bond donors (Lipinski definition) is 0. The lowest BCUT2D eigenvalue weighted by atomic mass is 10.1. The number of carbonyl (C=O) groups is 1. The molecule has 0 aromatic heterocycles. The lowest BCUT2D eigenvalue weighted by Crippen LogP contribution is -2.04. The number of Topliss-reactive ketones (excluding diaryl/α,β-unsaturated/α-hetero) is 1. The predicted octanol–water partition coefficient (Wildman–Crippen LogP) is 3.29. The number of aryl methyl sites for hydroxylation is 1. The average molecular weight is 222 g/mol. The molecule has 0 bridgehead atoms. The molecule has 0 amide bonds. The second kappa shape index (κ2) is 5.45. The van der Waals surface area contributed by atoms with E-state index in [1.54, 1.807) is 19.1 Å². The third-order valence-corrected chi connectivity index (χ3v) is 2.22. The van der Waals surface area contributed by atoms with Crippen molar-refractivity contribution in [1.82, 2.24) is 0 Å². The summed E-state index contributed by atoms with van der Waals surface area (Å²) >= 11 is 0. The molecule has 3 heteroatoms. The Labute approximate surface area is 94.7 Å². The molecule has 0 fully saturated rings. The Hall–Kier alpha value is -1.64. The minimum atomic E-state index is -0.388. The normalized spacial score (nSPS) is 9.94. The summed E-state index contributed by atoms with van der Waals surface area (Å²) in [7, 11) is 0. The minimum absolute atomic E-state index is 0.201. The van der Waals surface area contributed by atoms with Gasteiger partial charge >= 0.3 is 0 Å². The molecule has 0 aliphatic rings. The van der Waals surface area contributed by atoms with Crippen LogP contribution < -0.4 is 4.74 Å². The van der Waals surface area contributed by atoms with Crippen molar-refractivity contribution in [2.24, 2.45) is 0 Å². The molecule has 1 rings (SSSR count). The maximum Gasteiger partial charge on any atom is 0.163 e. The van der Waals surface area contributed by atoms with E-state index in [2.05, 4.69) is 6.58 Å². The van der Waals surface area contributed by atoms with Gasteiger partial charge in [0.25, 0.3) is 0 Å². The van der Waals surface area contributed by atoms with Crippen LogP contribution in [0.2, 0.25) is 0 Å². The summed E-state index contributed by atoms with van der Waals surface area (Å²) in [5.41, 5.74) is 0.755. The fourth-order valence-electron chi connectivity index (χ4n) is 1.30. The zero-order valence-electron chi connectivity index (χ0n) is 9.55. The Morgan fingerprint density at radius 2 is 2.25 bits per heavy atom. The topological polar surface area (TPSA) is 26.3 Å². The zero-order chi connectivity index (χ0) is 12.1. The maximum absolute atomic E-state index is 13.3. The van der Waals surface area contributed by atoms with Crippen LogP contribution in [0.15, 0.2) is 24.8 Å². The fourth-order valence-corrected chi connectivity index (χ4v) is 1.30. The van der Waals surface area contributed by atoms with Crippen LogP contribution in [0.5, 0.6) is 5.75 Å². The van der Waals surface area contributed by atoms with Crippen molar-refractivity contribution in [2.45, 2.75) is 20.3 Å². The van der Waals surface area contributed by atoms with Crippen LogP contribution in [0.3, 0.4) is 0 Å². The van der Waals surface area contributed by atoms with Crippen molar-refractivity contribution in [2.75, 3.05) is 6.61 Å². The molecule has 1 aromatic carbocycles. The number of halogens is 1. The second-order valence-corrected chi connectivity index (χ2v) is 3.58. The number of rotatable bonds is 5. The molecule has 0 aliphatic heterocycles. The molecule has 86 valence electrons. The van der Waals surface area contributed by atoms with Gasteiger partial charge < -0.3 is 4.74 Å². The summed E-state index contributed by atoms with van der Waals surface area (Å²) in [5, 5.41) is 0. The number of carbonyl (C=O) groups excluding carboxylic acids is 1. The van der Waals surface area contributed by atoms with Gasteiger partial charge in [0.1, 0.15) is 11.6 Å². The first-order chi connectivity index (χ1) is 7.56. The first kappa shape index (κ1) is 12.4. The Morgan fingerprint density at radius 3 is 2.81 bits per heavy atom. The summed E-state index contributed by atoms with van der Waals surface area (Å²) < 4.78 is 18.7. The van der Waals surface area contributed by atoms with Gasteiger partial charge in [-0.3, -0.25) is 4.79 Å². The van der Waals surface area contributed by atoms with E-state index in [1.807, 2.05) is 0 Å². The van der Waals surface area contributed by atoms with Gasteiger partial charge in [-0.25, -0.2) is 4.39 Å². The molecule has 0 unspecified atom stereocenters. The zero-order valence-corrected chi connectivity index (χ0v) is 9.55. The Bertz CT molecular complexity index is 411. The summed E-state index contributed by atoms with van der Waals surface area (Å²) in [6.07, 6.45) is 2.41. The van der Waals surface area contributed by atoms with Gasteiger partial charge in [0.05, 0.1) is 12.2 Å². The van der Waals surface area contributed by atoms with E-state index in [0.717, 1.165) is 0 Å². The van der Waals surface area contributed by atoms with Crippen LogP contribution in [0.4, 0.5) is 4.39 Å². The molecule has 0 saturated carbocycles. The first-order valence-corrected chi connectivity index (χ1v) is 5.11. The number of ether oxygens (including phenoxy) is 1. The molecule has 0 N–H and O–H groups in total. The summed E-state index contributed by atoms with van der Waals surface area (Å²) in [6.45, 7) is 7.05. The van der Waals surface area contributed by atoms with E-state index >= 15 is 0 Å². The van der Waals surface area contributed by atoms with Crippen molar-refractivity contribution in [3.05, 3.63) is 41.7 Å². The van der Waals surface area contributed by atoms with Crippen molar-refractivity contribution in [3.8, 4) is 5.75 Å². The standard InChI is InChI=1S/C13H15FO2/c1-4-5-6-16-13-7-9(2)12(14)8-11(13)10(3)15/h4,7-8H,1,5-6H2,2-3H3. The van der Waals surface area contributed by atoms with Gasteiger partial charge in [0.2, 0.25) is 0 Å². The van der Waals surface area contributed by atoms with E-state index in [9.17, 15) is 9.18 Å². The predicted molar refractivity (Wildman–Crippen MR) is 61.5 cm³/mol. The summed E-state index contributed by atoms with van der Waals surface area (Å²) in [4.78, 5) is 11.3. The Morgan fingerprint density at radius 1 is 1.56 bits per heavy atom. The quantitative estimate of drug-likeness (QED) is 0.434. The van der Waals surface area contributed by atoms with Gasteiger partial charge in [0.15, 0.2) is 5.78 Å². The molecule has 0 aliphatic carbocycles. The highest BCUT2D eigenvalue weighted by Crippen LogP contribution is 2.23. The number of benzene rings is 1. The van der Waals surface area contributed by atoms with Gasteiger partial charge in [-0.05, 0) is 38.0 Å². The maximum atomic E-state index is 13.3. The Kier molecular flexibility index (Phi) is 4.23. The van der Waals surface area contributed by atoms with Crippen LogP contribution >= 0.6 is 0 Å². The second-order valence-electron chi connectivity index (χ2n) is 3.58. The van der Waals surface area contributed by atoms with E-state index < -0.39 is 0 Å². The van der Waals surface area contributed by atoms with Gasteiger partial charge in [-0.15, -0.1) is 6.58 Å². The summed E-state index contributed by atoms with van der Waals surface area (Å²) in [6, 6.07) is 2.77. The molecule has 0 saturated heterocycles. The van der Waals surface area contributed by atoms with E-state index in [0.29, 0.717) is 24.3 Å². The molecule has 1 aromatic rings. The van der Waals surface area contributed by atoms with E-state index in [1.165, 1.54) is 13.0 Å². The molecule has 0 spiro atoms. The van der Waals surface area contributed by atoms with E-state index in [4.69, 9.17) is 4.74 Å². The molecular formula is C13H15FO2. The highest BCUT2D eigenvalue weighted by Gasteiger charge is 2.12. The largest absolute Gasteiger partial charge is 0.492 e. The lowest BCUT2D eigenvalue weighted by molar-refractivity contribution is 0.101. The smallest absolute Gasteiger partial charge is 0.163 e. The van der Waals surface area contributed by atoms with Crippen molar-refractivity contribution < 1.29 is 13.9 Å². The Balaban J connectivity index is 3.00. The number of hydrogen-bond acceptors (Lipinski definition) is 2.